The molecule has 5 heterocycles. The van der Waals surface area contributed by atoms with Gasteiger partial charge in [-0.05, 0) is 22.8 Å². The first-order chi connectivity index (χ1) is 26.8. The number of aromatic nitrogens is 4. The number of carboxylic acids is 1. The number of amides is 2. The number of fused-ring (bicyclic) bond motifs is 2. The predicted octanol–water partition coefficient (Wildman–Crippen LogP) is 5.48. The fourth-order valence-electron chi connectivity index (χ4n) is 6.76. The van der Waals surface area contributed by atoms with Crippen molar-refractivity contribution >= 4 is 74.2 Å². The molecule has 8 rings (SSSR count). The number of carbonyl (C=O) groups excluding carboxylic acids is 2. The smallest absolute Gasteiger partial charge is 0.316 e. The van der Waals surface area contributed by atoms with Crippen LogP contribution in [0.15, 0.2) is 121 Å². The van der Waals surface area contributed by atoms with E-state index < -0.39 is 52.7 Å². The second-order valence-corrected chi connectivity index (χ2v) is 15.7. The number of imidazole rings is 1. The Bertz CT molecular complexity index is 2280. The van der Waals surface area contributed by atoms with Crippen molar-refractivity contribution in [3.05, 3.63) is 143 Å². The molecule has 13 nitrogen and oxygen atoms in total. The average molecular weight is 795 g/mol. The number of carboxylic acid groups (broad SMARTS) is 1. The van der Waals surface area contributed by atoms with E-state index in [1.54, 1.807) is 24.7 Å². The molecule has 0 bridgehead atoms. The third-order valence-electron chi connectivity index (χ3n) is 9.48. The van der Waals surface area contributed by atoms with E-state index in [1.807, 2.05) is 102 Å². The number of thioether (sulfide) groups is 1. The first kappa shape index (κ1) is 36.1. The maximum Gasteiger partial charge on any atom is 0.316 e. The van der Waals surface area contributed by atoms with Crippen LogP contribution in [0.5, 0.6) is 0 Å². The Labute approximate surface area is 325 Å². The van der Waals surface area contributed by atoms with Crippen LogP contribution in [0.4, 0.5) is 9.52 Å². The molecule has 0 spiro atoms. The van der Waals surface area contributed by atoms with Crippen LogP contribution in [0.2, 0.25) is 0 Å². The lowest BCUT2D eigenvalue weighted by molar-refractivity contribution is -0.156. The normalized spacial score (nSPS) is 19.9. The number of hydrogen-bond donors (Lipinski definition) is 3. The lowest BCUT2D eigenvalue weighted by atomic mass is 9.77. The predicted molar refractivity (Wildman–Crippen MR) is 208 cm³/mol. The topological polar surface area (TPSA) is 163 Å². The van der Waals surface area contributed by atoms with Gasteiger partial charge in [0.25, 0.3) is 12.8 Å². The van der Waals surface area contributed by atoms with E-state index in [2.05, 4.69) is 35.0 Å². The number of anilines is 1. The van der Waals surface area contributed by atoms with Gasteiger partial charge >= 0.3 is 5.97 Å². The van der Waals surface area contributed by atoms with Crippen molar-refractivity contribution in [1.29, 1.82) is 0 Å². The third-order valence-corrected chi connectivity index (χ3v) is 12.7. The summed E-state index contributed by atoms with van der Waals surface area (Å²) in [4.78, 5) is 56.3. The molecule has 2 fully saturated rings. The van der Waals surface area contributed by atoms with Crippen molar-refractivity contribution in [2.75, 3.05) is 24.5 Å². The highest BCUT2D eigenvalue weighted by molar-refractivity contribution is 8.00. The number of benzene rings is 3. The zero-order valence-electron chi connectivity index (χ0n) is 28.7. The van der Waals surface area contributed by atoms with Gasteiger partial charge in [0.1, 0.15) is 27.2 Å². The van der Waals surface area contributed by atoms with Crippen LogP contribution in [0, 0.1) is 5.41 Å². The summed E-state index contributed by atoms with van der Waals surface area (Å²) in [6, 6.07) is 28.5. The average Bonchev–Trinajstić information content (AvgIpc) is 3.97. The van der Waals surface area contributed by atoms with Gasteiger partial charge in [0.2, 0.25) is 22.6 Å². The molecule has 0 saturated carbocycles. The van der Waals surface area contributed by atoms with Crippen molar-refractivity contribution in [3.8, 4) is 0 Å². The van der Waals surface area contributed by atoms with E-state index in [-0.39, 0.29) is 18.1 Å². The minimum atomic E-state index is -1.34. The van der Waals surface area contributed by atoms with Gasteiger partial charge in [-0.25, -0.2) is 9.37 Å². The number of β-lactam (4-membered cyclic amide) rings is 1. The Morgan fingerprint density at radius 2 is 1.69 bits per heavy atom. The van der Waals surface area contributed by atoms with Gasteiger partial charge in [0.15, 0.2) is 0 Å². The number of carbonyl (C=O) groups is 3. The molecule has 3 atom stereocenters. The number of nitrogens with zero attached hydrogens (tertiary/aromatic N) is 6. The second-order valence-electron chi connectivity index (χ2n) is 12.8. The van der Waals surface area contributed by atoms with Crippen LogP contribution < -0.4 is 10.6 Å². The third kappa shape index (κ3) is 6.74. The molecular formula is C38H31FN8O5S3. The first-order valence-electron chi connectivity index (χ1n) is 16.9. The molecule has 6 aromatic rings. The molecule has 2 saturated heterocycles. The van der Waals surface area contributed by atoms with E-state index in [4.69, 9.17) is 0 Å². The van der Waals surface area contributed by atoms with Gasteiger partial charge in [-0.1, -0.05) is 102 Å². The summed E-state index contributed by atoms with van der Waals surface area (Å²) < 4.78 is 19.5. The summed E-state index contributed by atoms with van der Waals surface area (Å²) in [5.74, 6) is -2.36. The molecule has 3 N–H and O–H groups in total. The fraction of sp³-hybridized carbons (Fsp3) is 0.184. The summed E-state index contributed by atoms with van der Waals surface area (Å²) in [5, 5.41) is 20.1. The molecule has 2 amide bonds. The number of halogens is 1. The maximum absolute atomic E-state index is 13.7. The number of rotatable bonds is 13. The van der Waals surface area contributed by atoms with Crippen LogP contribution in [-0.4, -0.2) is 82.8 Å². The van der Waals surface area contributed by atoms with Crippen molar-refractivity contribution in [2.24, 2.45) is 10.6 Å². The number of oxime groups is 1. The largest absolute Gasteiger partial charge is 0.481 e. The van der Waals surface area contributed by atoms with Crippen LogP contribution in [0.3, 0.4) is 0 Å². The number of thiazole rings is 1. The number of hydrogen-bond acceptors (Lipinski definition) is 12. The van der Waals surface area contributed by atoms with E-state index in [0.717, 1.165) is 37.9 Å². The molecule has 2 aliphatic heterocycles. The first-order valence-corrected chi connectivity index (χ1v) is 19.6. The molecule has 278 valence electrons. The second kappa shape index (κ2) is 15.1. The minimum Gasteiger partial charge on any atom is -0.481 e. The SMILES string of the molecule is O=C(N[C@@H]1C(=O)N2CC(C=Cc3cn4cncc4s3)(C(=O)O)CS[C@H]12)C(=NOCF)c1nsc(NC(c2ccccc2)(c2ccccc2)c2ccccc2)n1. The van der Waals surface area contributed by atoms with Crippen LogP contribution in [-0.2, 0) is 24.8 Å². The van der Waals surface area contributed by atoms with Gasteiger partial charge < -0.3 is 25.5 Å². The lowest BCUT2D eigenvalue weighted by Crippen LogP contribution is -2.73. The highest BCUT2D eigenvalue weighted by Gasteiger charge is 2.57. The summed E-state index contributed by atoms with van der Waals surface area (Å²) in [6.45, 7) is -1.39. The fourth-order valence-corrected chi connectivity index (χ4v) is 9.77. The van der Waals surface area contributed by atoms with Crippen molar-refractivity contribution in [1.82, 2.24) is 29.0 Å². The Hall–Kier alpha value is -5.91. The van der Waals surface area contributed by atoms with Gasteiger partial charge in [0.05, 0.1) is 12.5 Å². The summed E-state index contributed by atoms with van der Waals surface area (Å²) in [5.41, 5.74) is 0.0432. The van der Waals surface area contributed by atoms with E-state index in [1.165, 1.54) is 28.0 Å². The van der Waals surface area contributed by atoms with Crippen LogP contribution in [0.25, 0.3) is 10.9 Å². The quantitative estimate of drug-likeness (QED) is 0.0591. The molecule has 3 aromatic heterocycles. The van der Waals surface area contributed by atoms with Crippen LogP contribution >= 0.6 is 34.6 Å². The molecular weight excluding hydrogens is 764 g/mol. The highest BCUT2D eigenvalue weighted by Crippen LogP contribution is 2.44. The van der Waals surface area contributed by atoms with Crippen LogP contribution in [0.1, 0.15) is 27.4 Å². The molecule has 17 heteroatoms. The highest BCUT2D eigenvalue weighted by atomic mass is 32.2. The summed E-state index contributed by atoms with van der Waals surface area (Å²) in [6.07, 6.45) is 8.61. The van der Waals surface area contributed by atoms with Crippen molar-refractivity contribution in [2.45, 2.75) is 17.0 Å². The molecule has 0 radical (unpaired) electrons. The standard InChI is InChI=1S/C38H31FN8O5S3/c39-22-52-44-29(31-42-36(55-45-31)43-38(24-10-4-1-5-11-24,25-12-6-2-7-13-25)26-14-8-3-9-15-26)32(48)41-30-33(49)47-20-37(35(50)51,21-53-34(30)47)17-16-27-19-46-23-40-18-28(46)54-27/h1-19,23,30,34H,20-22H2,(H,41,48)(H,50,51)(H,42,43,45)/t30-,34-,37?/m1/s1. The minimum absolute atomic E-state index is 0.0753. The zero-order valence-corrected chi connectivity index (χ0v) is 31.1. The molecule has 3 aromatic carbocycles. The number of alkyl halides is 1. The Balaban J connectivity index is 1.02. The summed E-state index contributed by atoms with van der Waals surface area (Å²) in [7, 11) is 0. The van der Waals surface area contributed by atoms with Gasteiger partial charge in [-0.3, -0.25) is 18.8 Å². The molecule has 0 aliphatic carbocycles. The van der Waals surface area contributed by atoms with E-state index in [0.29, 0.717) is 5.13 Å². The maximum atomic E-state index is 13.7. The molecule has 1 unspecified atom stereocenters. The Morgan fingerprint density at radius 3 is 2.29 bits per heavy atom. The van der Waals surface area contributed by atoms with E-state index in [9.17, 15) is 23.9 Å². The molecule has 55 heavy (non-hydrogen) atoms. The Kier molecular flexibility index (Phi) is 9.89. The van der Waals surface area contributed by atoms with Crippen molar-refractivity contribution in [3.63, 3.8) is 0 Å². The lowest BCUT2D eigenvalue weighted by Gasteiger charge is -2.53. The monoisotopic (exact) mass is 794 g/mol. The molecule has 2 aliphatic rings. The number of aliphatic carboxylic acids is 1. The van der Waals surface area contributed by atoms with Gasteiger partial charge in [-0.15, -0.1) is 23.1 Å². The van der Waals surface area contributed by atoms with Gasteiger partial charge in [-0.2, -0.15) is 9.36 Å². The number of nitrogens with one attached hydrogen (secondary N) is 2. The van der Waals surface area contributed by atoms with Gasteiger partial charge in [0, 0.05) is 34.9 Å². The van der Waals surface area contributed by atoms with E-state index >= 15 is 0 Å². The van der Waals surface area contributed by atoms with Crippen molar-refractivity contribution < 1.29 is 28.7 Å². The zero-order chi connectivity index (χ0) is 38.0. The summed E-state index contributed by atoms with van der Waals surface area (Å²) >= 11 is 3.69. The Morgan fingerprint density at radius 1 is 1.04 bits per heavy atom.